The Labute approximate surface area is 143 Å². The largest absolute Gasteiger partial charge is 0.454 e. The maximum Gasteiger partial charge on any atom is 0.338 e. The van der Waals surface area contributed by atoms with Crippen LogP contribution in [-0.4, -0.2) is 30.4 Å². The van der Waals surface area contributed by atoms with Crippen molar-refractivity contribution in [3.8, 4) is 0 Å². The van der Waals surface area contributed by atoms with Gasteiger partial charge < -0.3 is 15.4 Å². The van der Waals surface area contributed by atoms with Crippen LogP contribution in [0.3, 0.4) is 0 Å². The van der Waals surface area contributed by atoms with Gasteiger partial charge in [-0.3, -0.25) is 4.79 Å². The van der Waals surface area contributed by atoms with Gasteiger partial charge in [-0.1, -0.05) is 32.9 Å². The molecule has 0 radical (unpaired) electrons. The third-order valence-electron chi connectivity index (χ3n) is 3.23. The van der Waals surface area contributed by atoms with Crippen molar-refractivity contribution in [2.75, 3.05) is 6.61 Å². The van der Waals surface area contributed by atoms with Crippen LogP contribution in [0, 0.1) is 5.41 Å². The minimum atomic E-state index is -0.537. The number of hydrogen-bond acceptors (Lipinski definition) is 4. The van der Waals surface area contributed by atoms with Crippen LogP contribution in [0.25, 0.3) is 0 Å². The molecule has 0 bridgehead atoms. The maximum absolute atomic E-state index is 11.9. The first-order valence-corrected chi connectivity index (χ1v) is 7.93. The van der Waals surface area contributed by atoms with E-state index in [9.17, 15) is 14.4 Å². The smallest absolute Gasteiger partial charge is 0.338 e. The summed E-state index contributed by atoms with van der Waals surface area (Å²) in [4.78, 5) is 35.2. The van der Waals surface area contributed by atoms with Gasteiger partial charge in [-0.15, -0.1) is 0 Å². The van der Waals surface area contributed by atoms with Crippen LogP contribution < -0.4 is 10.6 Å². The summed E-state index contributed by atoms with van der Waals surface area (Å²) in [5.74, 6) is -0.669. The zero-order chi connectivity index (χ0) is 18.3. The Morgan fingerprint density at radius 1 is 1.08 bits per heavy atom. The molecule has 0 atom stereocenters. The van der Waals surface area contributed by atoms with E-state index in [-0.39, 0.29) is 24.5 Å². The molecule has 6 nitrogen and oxygen atoms in total. The second-order valence-corrected chi connectivity index (χ2v) is 6.93. The van der Waals surface area contributed by atoms with E-state index in [4.69, 9.17) is 4.74 Å². The molecule has 2 N–H and O–H groups in total. The van der Waals surface area contributed by atoms with Gasteiger partial charge in [-0.25, -0.2) is 9.59 Å². The van der Waals surface area contributed by atoms with E-state index in [1.807, 2.05) is 13.8 Å². The molecule has 6 heteroatoms. The number of ether oxygens (including phenoxy) is 1. The van der Waals surface area contributed by atoms with E-state index in [0.717, 1.165) is 5.56 Å². The average Bonchev–Trinajstić information content (AvgIpc) is 2.49. The Bertz CT molecular complexity index is 586. The Hall–Kier alpha value is -2.37. The first-order chi connectivity index (χ1) is 11.1. The van der Waals surface area contributed by atoms with Crippen molar-refractivity contribution < 1.29 is 19.1 Å². The number of urea groups is 1. The lowest BCUT2D eigenvalue weighted by Crippen LogP contribution is -2.39. The number of rotatable bonds is 6. The highest BCUT2D eigenvalue weighted by Crippen LogP contribution is 2.15. The molecule has 1 aromatic rings. The second kappa shape index (κ2) is 8.47. The van der Waals surface area contributed by atoms with E-state index >= 15 is 0 Å². The lowest BCUT2D eigenvalue weighted by atomic mass is 9.91. The average molecular weight is 334 g/mol. The number of ketones is 1. The van der Waals surface area contributed by atoms with Gasteiger partial charge in [0.05, 0.1) is 5.56 Å². The Kier molecular flexibility index (Phi) is 6.95. The van der Waals surface area contributed by atoms with Crippen molar-refractivity contribution in [2.24, 2.45) is 5.41 Å². The molecule has 0 saturated carbocycles. The molecule has 24 heavy (non-hydrogen) atoms. The summed E-state index contributed by atoms with van der Waals surface area (Å²) >= 11 is 0. The summed E-state index contributed by atoms with van der Waals surface area (Å²) in [6.45, 7) is 9.22. The molecule has 0 heterocycles. The predicted octanol–water partition coefficient (Wildman–Crippen LogP) is 2.67. The molecule has 0 fully saturated rings. The molecular formula is C18H26N2O4. The highest BCUT2D eigenvalue weighted by molar-refractivity contribution is 5.92. The number of benzene rings is 1. The van der Waals surface area contributed by atoms with Gasteiger partial charge in [0.1, 0.15) is 0 Å². The lowest BCUT2D eigenvalue weighted by molar-refractivity contribution is -0.129. The highest BCUT2D eigenvalue weighted by Gasteiger charge is 2.22. The summed E-state index contributed by atoms with van der Waals surface area (Å²) < 4.78 is 5.03. The number of carbonyl (C=O) groups excluding carboxylic acids is 3. The van der Waals surface area contributed by atoms with Gasteiger partial charge in [0.2, 0.25) is 0 Å². The van der Waals surface area contributed by atoms with Gasteiger partial charge in [-0.05, 0) is 31.5 Å². The van der Waals surface area contributed by atoms with Crippen molar-refractivity contribution in [1.82, 2.24) is 10.6 Å². The maximum atomic E-state index is 11.9. The zero-order valence-corrected chi connectivity index (χ0v) is 14.9. The molecule has 1 aromatic carbocycles. The number of nitrogens with one attached hydrogen (secondary N) is 2. The van der Waals surface area contributed by atoms with E-state index in [1.54, 1.807) is 45.0 Å². The summed E-state index contributed by atoms with van der Waals surface area (Å²) in [6, 6.07) is 6.52. The Morgan fingerprint density at radius 2 is 1.67 bits per heavy atom. The monoisotopic (exact) mass is 334 g/mol. The summed E-state index contributed by atoms with van der Waals surface area (Å²) in [6.07, 6.45) is 0. The van der Waals surface area contributed by atoms with Crippen LogP contribution in [0.1, 0.15) is 50.5 Å². The van der Waals surface area contributed by atoms with Gasteiger partial charge in [0, 0.05) is 18.0 Å². The van der Waals surface area contributed by atoms with Crippen LogP contribution in [0.4, 0.5) is 4.79 Å². The van der Waals surface area contributed by atoms with Gasteiger partial charge in [0.15, 0.2) is 12.4 Å². The van der Waals surface area contributed by atoms with E-state index < -0.39 is 11.4 Å². The molecule has 0 spiro atoms. The molecule has 0 aliphatic rings. The van der Waals surface area contributed by atoms with Gasteiger partial charge in [0.25, 0.3) is 0 Å². The molecule has 132 valence electrons. The van der Waals surface area contributed by atoms with E-state index in [0.29, 0.717) is 12.1 Å². The number of esters is 1. The fourth-order valence-electron chi connectivity index (χ4n) is 1.69. The number of amides is 2. The second-order valence-electron chi connectivity index (χ2n) is 6.93. The van der Waals surface area contributed by atoms with E-state index in [2.05, 4.69) is 10.6 Å². The SMILES string of the molecule is CC(C)NC(=O)NCc1ccc(C(=O)OCC(=O)C(C)(C)C)cc1. The van der Waals surface area contributed by atoms with Crippen molar-refractivity contribution in [3.63, 3.8) is 0 Å². The van der Waals surface area contributed by atoms with Crippen LogP contribution in [-0.2, 0) is 16.1 Å². The molecule has 0 aliphatic heterocycles. The highest BCUT2D eigenvalue weighted by atomic mass is 16.5. The van der Waals surface area contributed by atoms with Crippen LogP contribution in [0.2, 0.25) is 0 Å². The fraction of sp³-hybridized carbons (Fsp3) is 0.500. The molecule has 0 unspecified atom stereocenters. The third-order valence-corrected chi connectivity index (χ3v) is 3.23. The minimum absolute atomic E-state index is 0.0676. The normalized spacial score (nSPS) is 11.1. The first-order valence-electron chi connectivity index (χ1n) is 7.93. The van der Waals surface area contributed by atoms with Gasteiger partial charge >= 0.3 is 12.0 Å². The minimum Gasteiger partial charge on any atom is -0.454 e. The van der Waals surface area contributed by atoms with E-state index in [1.165, 1.54) is 0 Å². The van der Waals surface area contributed by atoms with Crippen molar-refractivity contribution in [1.29, 1.82) is 0 Å². The van der Waals surface area contributed by atoms with Crippen LogP contribution in [0.15, 0.2) is 24.3 Å². The predicted molar refractivity (Wildman–Crippen MR) is 91.7 cm³/mol. The number of Topliss-reactive ketones (excluding diaryl/α,β-unsaturated/α-hetero) is 1. The zero-order valence-electron chi connectivity index (χ0n) is 14.9. The van der Waals surface area contributed by atoms with Crippen LogP contribution >= 0.6 is 0 Å². The van der Waals surface area contributed by atoms with Crippen molar-refractivity contribution in [3.05, 3.63) is 35.4 Å². The third kappa shape index (κ3) is 6.81. The van der Waals surface area contributed by atoms with Gasteiger partial charge in [-0.2, -0.15) is 0 Å². The number of carbonyl (C=O) groups is 3. The van der Waals surface area contributed by atoms with Crippen molar-refractivity contribution in [2.45, 2.75) is 47.2 Å². The Balaban J connectivity index is 2.50. The van der Waals surface area contributed by atoms with Crippen LogP contribution in [0.5, 0.6) is 0 Å². The standard InChI is InChI=1S/C18H26N2O4/c1-12(2)20-17(23)19-10-13-6-8-14(9-7-13)16(22)24-11-15(21)18(3,4)5/h6-9,12H,10-11H2,1-5H3,(H2,19,20,23). The number of hydrogen-bond donors (Lipinski definition) is 2. The quantitative estimate of drug-likeness (QED) is 0.783. The fourth-order valence-corrected chi connectivity index (χ4v) is 1.69. The molecule has 0 saturated heterocycles. The summed E-state index contributed by atoms with van der Waals surface area (Å²) in [5.41, 5.74) is 0.690. The first kappa shape index (κ1) is 19.7. The molecular weight excluding hydrogens is 308 g/mol. The molecule has 0 aromatic heterocycles. The lowest BCUT2D eigenvalue weighted by Gasteiger charge is -2.16. The molecule has 2 amide bonds. The van der Waals surface area contributed by atoms with Crippen molar-refractivity contribution >= 4 is 17.8 Å². The molecule has 1 rings (SSSR count). The molecule has 0 aliphatic carbocycles. The Morgan fingerprint density at radius 3 is 2.17 bits per heavy atom. The topological polar surface area (TPSA) is 84.5 Å². The summed E-state index contributed by atoms with van der Waals surface area (Å²) in [5, 5.41) is 5.45. The summed E-state index contributed by atoms with van der Waals surface area (Å²) in [7, 11) is 0.